The van der Waals surface area contributed by atoms with Gasteiger partial charge in [0.15, 0.2) is 0 Å². The summed E-state index contributed by atoms with van der Waals surface area (Å²) in [4.78, 5) is 22.3. The van der Waals surface area contributed by atoms with Crippen LogP contribution in [-0.4, -0.2) is 29.6 Å². The molecule has 5 nitrogen and oxygen atoms in total. The van der Waals surface area contributed by atoms with Gasteiger partial charge >= 0.3 is 5.97 Å². The van der Waals surface area contributed by atoms with Crippen molar-refractivity contribution in [2.24, 2.45) is 28.9 Å². The van der Waals surface area contributed by atoms with Gasteiger partial charge in [-0.05, 0) is 24.2 Å². The Morgan fingerprint density at radius 1 is 1.42 bits per heavy atom. The zero-order chi connectivity index (χ0) is 14.8. The van der Waals surface area contributed by atoms with Crippen molar-refractivity contribution >= 4 is 11.9 Å². The Balaban J connectivity index is 2.65. The first-order valence-corrected chi connectivity index (χ1v) is 6.93. The van der Waals surface area contributed by atoms with Crippen molar-refractivity contribution in [3.8, 4) is 0 Å². The van der Waals surface area contributed by atoms with Crippen LogP contribution in [0.15, 0.2) is 0 Å². The first-order valence-electron chi connectivity index (χ1n) is 6.93. The van der Waals surface area contributed by atoms with Crippen LogP contribution in [0.2, 0.25) is 0 Å². The molecule has 0 radical (unpaired) electrons. The fourth-order valence-electron chi connectivity index (χ4n) is 2.95. The minimum absolute atomic E-state index is 0.201. The van der Waals surface area contributed by atoms with Crippen molar-refractivity contribution in [2.45, 2.75) is 46.6 Å². The van der Waals surface area contributed by atoms with Gasteiger partial charge in [0.05, 0.1) is 5.92 Å². The lowest BCUT2D eigenvalue weighted by molar-refractivity contribution is -0.150. The summed E-state index contributed by atoms with van der Waals surface area (Å²) < 4.78 is 0. The molecule has 0 saturated heterocycles. The summed E-state index contributed by atoms with van der Waals surface area (Å²) in [6.07, 6.45) is 1.50. The number of rotatable bonds is 5. The van der Waals surface area contributed by atoms with Crippen molar-refractivity contribution in [1.29, 1.82) is 0 Å². The van der Waals surface area contributed by atoms with Crippen LogP contribution in [0.4, 0.5) is 0 Å². The number of hydrogen-bond acceptors (Lipinski definition) is 3. The Bertz CT molecular complexity index is 355. The van der Waals surface area contributed by atoms with E-state index in [4.69, 9.17) is 5.73 Å². The van der Waals surface area contributed by atoms with E-state index in [1.54, 1.807) is 6.92 Å². The molecule has 0 aromatic rings. The largest absolute Gasteiger partial charge is 0.481 e. The molecule has 19 heavy (non-hydrogen) atoms. The number of aliphatic carboxylic acids is 1. The van der Waals surface area contributed by atoms with Gasteiger partial charge < -0.3 is 16.2 Å². The SMILES string of the molecule is CC(CNC1CCC(C(=O)O)C(C)(C)C1C)C(N)=O. The summed E-state index contributed by atoms with van der Waals surface area (Å²) in [5.74, 6) is -1.27. The molecular weight excluding hydrogens is 244 g/mol. The van der Waals surface area contributed by atoms with E-state index in [2.05, 4.69) is 12.2 Å². The van der Waals surface area contributed by atoms with Crippen molar-refractivity contribution in [3.63, 3.8) is 0 Å². The molecule has 4 N–H and O–H groups in total. The summed E-state index contributed by atoms with van der Waals surface area (Å²) in [6.45, 7) is 8.47. The van der Waals surface area contributed by atoms with Crippen molar-refractivity contribution < 1.29 is 14.7 Å². The molecule has 0 aromatic carbocycles. The fourth-order valence-corrected chi connectivity index (χ4v) is 2.95. The highest BCUT2D eigenvalue weighted by Crippen LogP contribution is 2.45. The van der Waals surface area contributed by atoms with Gasteiger partial charge in [0.1, 0.15) is 0 Å². The minimum atomic E-state index is -0.708. The lowest BCUT2D eigenvalue weighted by Crippen LogP contribution is -2.52. The molecule has 1 fully saturated rings. The van der Waals surface area contributed by atoms with E-state index < -0.39 is 5.97 Å². The van der Waals surface area contributed by atoms with Crippen LogP contribution < -0.4 is 11.1 Å². The average Bonchev–Trinajstić information content (AvgIpc) is 2.29. The molecular formula is C14H26N2O3. The molecule has 4 unspecified atom stereocenters. The highest BCUT2D eigenvalue weighted by molar-refractivity contribution is 5.76. The number of primary amides is 1. The summed E-state index contributed by atoms with van der Waals surface area (Å²) in [5.41, 5.74) is 4.99. The van der Waals surface area contributed by atoms with Crippen LogP contribution in [0.25, 0.3) is 0 Å². The molecule has 0 aromatic heterocycles. The Labute approximate surface area is 114 Å². The van der Waals surface area contributed by atoms with E-state index in [-0.39, 0.29) is 35.1 Å². The second-order valence-electron chi connectivity index (χ2n) is 6.40. The summed E-state index contributed by atoms with van der Waals surface area (Å²) in [7, 11) is 0. The monoisotopic (exact) mass is 270 g/mol. The maximum absolute atomic E-state index is 11.3. The molecule has 0 heterocycles. The van der Waals surface area contributed by atoms with Gasteiger partial charge in [-0.1, -0.05) is 27.7 Å². The van der Waals surface area contributed by atoms with Gasteiger partial charge in [0, 0.05) is 18.5 Å². The van der Waals surface area contributed by atoms with Crippen molar-refractivity contribution in [3.05, 3.63) is 0 Å². The summed E-state index contributed by atoms with van der Waals surface area (Å²) in [5, 5.41) is 12.7. The molecule has 0 spiro atoms. The highest BCUT2D eigenvalue weighted by Gasteiger charge is 2.46. The predicted molar refractivity (Wildman–Crippen MR) is 73.5 cm³/mol. The molecule has 0 bridgehead atoms. The fraction of sp³-hybridized carbons (Fsp3) is 0.857. The second kappa shape index (κ2) is 5.90. The van der Waals surface area contributed by atoms with E-state index >= 15 is 0 Å². The molecule has 0 aliphatic heterocycles. The van der Waals surface area contributed by atoms with E-state index in [0.29, 0.717) is 13.0 Å². The van der Waals surface area contributed by atoms with Crippen LogP contribution in [0, 0.1) is 23.2 Å². The molecule has 1 rings (SSSR count). The van der Waals surface area contributed by atoms with Gasteiger partial charge in [0.25, 0.3) is 0 Å². The van der Waals surface area contributed by atoms with Gasteiger partial charge in [-0.15, -0.1) is 0 Å². The number of carbonyl (C=O) groups is 2. The van der Waals surface area contributed by atoms with Crippen LogP contribution in [-0.2, 0) is 9.59 Å². The highest BCUT2D eigenvalue weighted by atomic mass is 16.4. The summed E-state index contributed by atoms with van der Waals surface area (Å²) in [6, 6.07) is 0.243. The Morgan fingerprint density at radius 2 is 2.00 bits per heavy atom. The van der Waals surface area contributed by atoms with Gasteiger partial charge in [-0.3, -0.25) is 9.59 Å². The first kappa shape index (κ1) is 16.0. The van der Waals surface area contributed by atoms with Gasteiger partial charge in [-0.25, -0.2) is 0 Å². The van der Waals surface area contributed by atoms with Gasteiger partial charge in [-0.2, -0.15) is 0 Å². The van der Waals surface area contributed by atoms with E-state index in [0.717, 1.165) is 6.42 Å². The Morgan fingerprint density at radius 3 is 2.47 bits per heavy atom. The Hall–Kier alpha value is -1.10. The van der Waals surface area contributed by atoms with Crippen LogP contribution in [0.1, 0.15) is 40.5 Å². The van der Waals surface area contributed by atoms with E-state index in [9.17, 15) is 14.7 Å². The van der Waals surface area contributed by atoms with E-state index in [1.165, 1.54) is 0 Å². The third-order valence-corrected chi connectivity index (χ3v) is 4.91. The van der Waals surface area contributed by atoms with Crippen LogP contribution >= 0.6 is 0 Å². The molecule has 1 amide bonds. The molecule has 110 valence electrons. The zero-order valence-corrected chi connectivity index (χ0v) is 12.3. The molecule has 5 heteroatoms. The Kier molecular flexibility index (Phi) is 4.96. The van der Waals surface area contributed by atoms with E-state index in [1.807, 2.05) is 13.8 Å². The lowest BCUT2D eigenvalue weighted by Gasteiger charge is -2.46. The normalized spacial score (nSPS) is 31.7. The van der Waals surface area contributed by atoms with Gasteiger partial charge in [0.2, 0.25) is 5.91 Å². The number of nitrogens with two attached hydrogens (primary N) is 1. The first-order chi connectivity index (χ1) is 8.67. The minimum Gasteiger partial charge on any atom is -0.481 e. The van der Waals surface area contributed by atoms with Crippen molar-refractivity contribution in [2.75, 3.05) is 6.54 Å². The number of carboxylic acid groups (broad SMARTS) is 1. The third kappa shape index (κ3) is 3.47. The maximum Gasteiger partial charge on any atom is 0.307 e. The number of hydrogen-bond donors (Lipinski definition) is 3. The molecule has 1 saturated carbocycles. The number of carbonyl (C=O) groups excluding carboxylic acids is 1. The number of amides is 1. The molecule has 4 atom stereocenters. The smallest absolute Gasteiger partial charge is 0.307 e. The standard InChI is InChI=1S/C14H26N2O3/c1-8(12(15)17)7-16-11-6-5-10(13(18)19)14(3,4)9(11)2/h8-11,16H,5-7H2,1-4H3,(H2,15,17)(H,18,19). The third-order valence-electron chi connectivity index (χ3n) is 4.91. The second-order valence-corrected chi connectivity index (χ2v) is 6.40. The van der Waals surface area contributed by atoms with Crippen LogP contribution in [0.3, 0.4) is 0 Å². The zero-order valence-electron chi connectivity index (χ0n) is 12.3. The average molecular weight is 270 g/mol. The van der Waals surface area contributed by atoms with Crippen LogP contribution in [0.5, 0.6) is 0 Å². The van der Waals surface area contributed by atoms with Crippen molar-refractivity contribution in [1.82, 2.24) is 5.32 Å². The molecule has 1 aliphatic carbocycles. The number of nitrogens with one attached hydrogen (secondary N) is 1. The molecule has 1 aliphatic rings. The summed E-state index contributed by atoms with van der Waals surface area (Å²) >= 11 is 0. The predicted octanol–water partition coefficient (Wildman–Crippen LogP) is 1.22. The quantitative estimate of drug-likeness (QED) is 0.700. The number of carboxylic acids is 1. The topological polar surface area (TPSA) is 92.4 Å². The maximum atomic E-state index is 11.3. The lowest BCUT2D eigenvalue weighted by atomic mass is 9.61.